The fourth-order valence-electron chi connectivity index (χ4n) is 2.18. The lowest BCUT2D eigenvalue weighted by Crippen LogP contribution is -2.10. The molecule has 2 heterocycles. The molecule has 0 saturated heterocycles. The minimum Gasteiger partial charge on any atom is -0.477 e. The molecule has 2 aromatic heterocycles. The lowest BCUT2D eigenvalue weighted by Gasteiger charge is -2.13. The average molecular weight is 361 g/mol. The maximum Gasteiger partial charge on any atom is 0.341 e. The van der Waals surface area contributed by atoms with Gasteiger partial charge in [0.2, 0.25) is 0 Å². The van der Waals surface area contributed by atoms with E-state index < -0.39 is 5.97 Å². The van der Waals surface area contributed by atoms with Gasteiger partial charge in [-0.15, -0.1) is 0 Å². The van der Waals surface area contributed by atoms with Crippen LogP contribution in [0, 0.1) is 13.8 Å². The first-order valence-corrected chi connectivity index (χ1v) is 7.36. The van der Waals surface area contributed by atoms with Crippen LogP contribution in [0.15, 0.2) is 35.1 Å². The van der Waals surface area contributed by atoms with Crippen molar-refractivity contribution in [2.75, 3.05) is 5.32 Å². The van der Waals surface area contributed by atoms with E-state index in [0.29, 0.717) is 15.9 Å². The summed E-state index contributed by atoms with van der Waals surface area (Å²) in [4.78, 5) is 15.6. The molecule has 22 heavy (non-hydrogen) atoms. The summed E-state index contributed by atoms with van der Waals surface area (Å²) in [6, 6.07) is 5.95. The molecule has 0 spiro atoms. The molecule has 3 aromatic rings. The lowest BCUT2D eigenvalue weighted by molar-refractivity contribution is 0.0697. The van der Waals surface area contributed by atoms with Crippen molar-refractivity contribution >= 4 is 39.1 Å². The number of aryl methyl sites for hydroxylation is 2. The number of aromatic nitrogens is 3. The molecule has 0 aliphatic heterocycles. The summed E-state index contributed by atoms with van der Waals surface area (Å²) in [6.07, 6.45) is 2.92. The molecule has 0 atom stereocenters. The van der Waals surface area contributed by atoms with E-state index in [0.717, 1.165) is 16.8 Å². The van der Waals surface area contributed by atoms with Crippen LogP contribution in [-0.2, 0) is 0 Å². The van der Waals surface area contributed by atoms with Crippen LogP contribution in [0.1, 0.15) is 21.5 Å². The van der Waals surface area contributed by atoms with Crippen molar-refractivity contribution in [1.82, 2.24) is 14.6 Å². The van der Waals surface area contributed by atoms with Crippen LogP contribution in [0.3, 0.4) is 0 Å². The Morgan fingerprint density at radius 2 is 2.09 bits per heavy atom. The van der Waals surface area contributed by atoms with Crippen LogP contribution < -0.4 is 5.32 Å². The largest absolute Gasteiger partial charge is 0.477 e. The summed E-state index contributed by atoms with van der Waals surface area (Å²) in [6.45, 7) is 3.94. The summed E-state index contributed by atoms with van der Waals surface area (Å²) >= 11 is 3.35. The molecular formula is C15H13BrN4O2. The van der Waals surface area contributed by atoms with Crippen molar-refractivity contribution in [2.24, 2.45) is 0 Å². The summed E-state index contributed by atoms with van der Waals surface area (Å²) < 4.78 is 2.18. The lowest BCUT2D eigenvalue weighted by atomic mass is 10.1. The highest BCUT2D eigenvalue weighted by atomic mass is 79.9. The second kappa shape index (κ2) is 5.42. The molecule has 0 fully saturated rings. The number of rotatable bonds is 3. The number of carboxylic acid groups (broad SMARTS) is 1. The fraction of sp³-hybridized carbons (Fsp3) is 0.133. The first-order valence-electron chi connectivity index (χ1n) is 6.57. The highest BCUT2D eigenvalue weighted by Gasteiger charge is 2.18. The van der Waals surface area contributed by atoms with Crippen molar-refractivity contribution < 1.29 is 9.90 Å². The zero-order chi connectivity index (χ0) is 15.9. The van der Waals surface area contributed by atoms with E-state index in [2.05, 4.69) is 31.3 Å². The topological polar surface area (TPSA) is 79.5 Å². The van der Waals surface area contributed by atoms with Crippen molar-refractivity contribution in [2.45, 2.75) is 13.8 Å². The summed E-state index contributed by atoms with van der Waals surface area (Å²) in [5.41, 5.74) is 3.54. The Kier molecular flexibility index (Phi) is 3.58. The van der Waals surface area contributed by atoms with Crippen LogP contribution >= 0.6 is 15.9 Å². The van der Waals surface area contributed by atoms with E-state index in [1.54, 1.807) is 6.20 Å². The summed E-state index contributed by atoms with van der Waals surface area (Å²) in [5, 5.41) is 16.8. The monoisotopic (exact) mass is 360 g/mol. The minimum atomic E-state index is -1.06. The molecule has 0 radical (unpaired) electrons. The van der Waals surface area contributed by atoms with Gasteiger partial charge in [0.1, 0.15) is 5.56 Å². The predicted molar refractivity (Wildman–Crippen MR) is 86.8 cm³/mol. The van der Waals surface area contributed by atoms with E-state index >= 15 is 0 Å². The third kappa shape index (κ3) is 2.43. The molecule has 0 aliphatic carbocycles. The molecule has 3 rings (SSSR count). The third-order valence-corrected chi connectivity index (χ3v) is 3.92. The molecule has 7 heteroatoms. The quantitative estimate of drug-likeness (QED) is 0.746. The van der Waals surface area contributed by atoms with Gasteiger partial charge in [0.15, 0.2) is 11.5 Å². The van der Waals surface area contributed by atoms with Gasteiger partial charge in [-0.3, -0.25) is 0 Å². The van der Waals surface area contributed by atoms with Gasteiger partial charge in [-0.25, -0.2) is 9.78 Å². The Bertz CT molecular complexity index is 889. The van der Waals surface area contributed by atoms with Crippen molar-refractivity contribution in [3.05, 3.63) is 51.8 Å². The average Bonchev–Trinajstić information content (AvgIpc) is 2.85. The summed E-state index contributed by atoms with van der Waals surface area (Å²) in [5.74, 6) is -0.689. The van der Waals surface area contributed by atoms with Gasteiger partial charge in [0.25, 0.3) is 0 Å². The predicted octanol–water partition coefficient (Wildman–Crippen LogP) is 3.55. The zero-order valence-electron chi connectivity index (χ0n) is 12.0. The second-order valence-corrected chi connectivity index (χ2v) is 5.85. The van der Waals surface area contributed by atoms with Crippen LogP contribution in [0.25, 0.3) is 5.65 Å². The molecule has 0 saturated carbocycles. The zero-order valence-corrected chi connectivity index (χ0v) is 13.5. The number of halogens is 1. The van der Waals surface area contributed by atoms with Crippen molar-refractivity contribution in [3.63, 3.8) is 0 Å². The van der Waals surface area contributed by atoms with Gasteiger partial charge in [0, 0.05) is 11.9 Å². The van der Waals surface area contributed by atoms with E-state index in [4.69, 9.17) is 0 Å². The molecule has 1 aromatic carbocycles. The molecule has 0 unspecified atom stereocenters. The normalized spacial score (nSPS) is 10.9. The van der Waals surface area contributed by atoms with E-state index in [1.807, 2.05) is 32.0 Å². The number of hydrogen-bond acceptors (Lipinski definition) is 4. The second-order valence-electron chi connectivity index (χ2n) is 5.00. The molecular weight excluding hydrogens is 348 g/mol. The fourth-order valence-corrected chi connectivity index (χ4v) is 2.54. The Balaban J connectivity index is 2.21. The van der Waals surface area contributed by atoms with Gasteiger partial charge < -0.3 is 10.4 Å². The first-order chi connectivity index (χ1) is 10.5. The van der Waals surface area contributed by atoms with Crippen LogP contribution in [-0.4, -0.2) is 25.7 Å². The highest BCUT2D eigenvalue weighted by Crippen LogP contribution is 2.27. The number of carboxylic acids is 1. The van der Waals surface area contributed by atoms with E-state index in [1.165, 1.54) is 10.7 Å². The molecule has 2 N–H and O–H groups in total. The number of benzene rings is 1. The smallest absolute Gasteiger partial charge is 0.341 e. The number of hydrogen-bond donors (Lipinski definition) is 2. The number of fused-ring (bicyclic) bond motifs is 1. The minimum absolute atomic E-state index is 0.0593. The number of anilines is 2. The van der Waals surface area contributed by atoms with E-state index in [-0.39, 0.29) is 5.56 Å². The van der Waals surface area contributed by atoms with Gasteiger partial charge in [0.05, 0.1) is 10.7 Å². The first kappa shape index (κ1) is 14.5. The molecule has 0 bridgehead atoms. The maximum absolute atomic E-state index is 11.5. The van der Waals surface area contributed by atoms with Crippen LogP contribution in [0.4, 0.5) is 11.5 Å². The molecule has 112 valence electrons. The number of nitrogens with zero attached hydrogens (tertiary/aromatic N) is 3. The van der Waals surface area contributed by atoms with Crippen LogP contribution in [0.5, 0.6) is 0 Å². The maximum atomic E-state index is 11.5. The Morgan fingerprint density at radius 1 is 1.32 bits per heavy atom. The standard InChI is InChI=1S/C15H13BrN4O2/c1-8-3-4-9(2)12(5-8)19-13-10(15(21)22)6-17-14-11(16)7-18-20(13)14/h3-7,19H,1-2H3,(H,21,22). The van der Waals surface area contributed by atoms with Crippen LogP contribution in [0.2, 0.25) is 0 Å². The Morgan fingerprint density at radius 3 is 2.82 bits per heavy atom. The van der Waals surface area contributed by atoms with E-state index in [9.17, 15) is 9.90 Å². The SMILES string of the molecule is Cc1ccc(C)c(Nc2c(C(=O)O)cnc3c(Br)cnn23)c1. The summed E-state index contributed by atoms with van der Waals surface area (Å²) in [7, 11) is 0. The van der Waals surface area contributed by atoms with Gasteiger partial charge in [-0.2, -0.15) is 9.61 Å². The molecule has 0 aliphatic rings. The molecule has 0 amide bonds. The number of carbonyl (C=O) groups is 1. The van der Waals surface area contributed by atoms with Crippen molar-refractivity contribution in [1.29, 1.82) is 0 Å². The Hall–Kier alpha value is -2.41. The third-order valence-electron chi connectivity index (χ3n) is 3.36. The number of nitrogens with one attached hydrogen (secondary N) is 1. The Labute approximate surface area is 134 Å². The number of aromatic carboxylic acids is 1. The van der Waals surface area contributed by atoms with Gasteiger partial charge >= 0.3 is 5.97 Å². The highest BCUT2D eigenvalue weighted by molar-refractivity contribution is 9.10. The van der Waals surface area contributed by atoms with Crippen molar-refractivity contribution in [3.8, 4) is 0 Å². The molecule has 6 nitrogen and oxygen atoms in total. The van der Waals surface area contributed by atoms with Gasteiger partial charge in [-0.1, -0.05) is 12.1 Å². The van der Waals surface area contributed by atoms with Gasteiger partial charge in [-0.05, 0) is 47.0 Å².